The molecule has 96 valence electrons. The first-order chi connectivity index (χ1) is 7.16. The van der Waals surface area contributed by atoms with Crippen LogP contribution < -0.4 is 5.32 Å². The summed E-state index contributed by atoms with van der Waals surface area (Å²) in [7, 11) is 0. The number of rotatable bonds is 6. The monoisotopic (exact) mass is 229 g/mol. The van der Waals surface area contributed by atoms with Gasteiger partial charge in [-0.05, 0) is 5.41 Å². The van der Waals surface area contributed by atoms with E-state index in [2.05, 4.69) is 39.9 Å². The number of amides is 1. The first-order valence-electron chi connectivity index (χ1n) is 6.01. The molecule has 1 amide bonds. The van der Waals surface area contributed by atoms with Crippen molar-refractivity contribution >= 4 is 5.91 Å². The summed E-state index contributed by atoms with van der Waals surface area (Å²) in [6, 6.07) is 0. The Hall–Kier alpha value is -0.570. The van der Waals surface area contributed by atoms with E-state index in [-0.39, 0.29) is 16.7 Å². The molecule has 0 fully saturated rings. The Morgan fingerprint density at radius 1 is 1.12 bits per heavy atom. The third-order valence-electron chi connectivity index (χ3n) is 2.11. The fraction of sp³-hybridized carbons (Fsp3) is 0.923. The molecule has 0 aliphatic rings. The van der Waals surface area contributed by atoms with Crippen molar-refractivity contribution in [3.8, 4) is 0 Å². The van der Waals surface area contributed by atoms with Crippen molar-refractivity contribution in [1.82, 2.24) is 5.32 Å². The molecule has 0 aliphatic heterocycles. The molecule has 0 atom stereocenters. The van der Waals surface area contributed by atoms with Gasteiger partial charge < -0.3 is 10.1 Å². The second-order valence-corrected chi connectivity index (χ2v) is 6.35. The SMILES string of the molecule is CCC(=O)NCC(C)(C)COCC(C)(C)C. The predicted octanol–water partition coefficient (Wildman–Crippen LogP) is 2.60. The van der Waals surface area contributed by atoms with Gasteiger partial charge in [0.2, 0.25) is 5.91 Å². The zero-order valence-electron chi connectivity index (χ0n) is 11.6. The zero-order valence-corrected chi connectivity index (χ0v) is 11.6. The maximum Gasteiger partial charge on any atom is 0.219 e. The van der Waals surface area contributed by atoms with E-state index in [1.54, 1.807) is 0 Å². The number of carbonyl (C=O) groups is 1. The quantitative estimate of drug-likeness (QED) is 0.760. The van der Waals surface area contributed by atoms with Gasteiger partial charge in [-0.25, -0.2) is 0 Å². The van der Waals surface area contributed by atoms with Crippen LogP contribution >= 0.6 is 0 Å². The molecule has 0 aromatic rings. The van der Waals surface area contributed by atoms with Gasteiger partial charge in [-0.1, -0.05) is 41.5 Å². The summed E-state index contributed by atoms with van der Waals surface area (Å²) in [5.41, 5.74) is 0.193. The van der Waals surface area contributed by atoms with Crippen LogP contribution in [0.2, 0.25) is 0 Å². The standard InChI is InChI=1S/C13H27NO2/c1-7-11(15)14-8-13(5,6)10-16-9-12(2,3)4/h7-10H2,1-6H3,(H,14,15). The number of nitrogens with one attached hydrogen (secondary N) is 1. The second kappa shape index (κ2) is 6.24. The molecule has 16 heavy (non-hydrogen) atoms. The molecular formula is C13H27NO2. The van der Waals surface area contributed by atoms with Gasteiger partial charge in [0.1, 0.15) is 0 Å². The van der Waals surface area contributed by atoms with Crippen LogP contribution in [0.3, 0.4) is 0 Å². The van der Waals surface area contributed by atoms with E-state index < -0.39 is 0 Å². The third-order valence-corrected chi connectivity index (χ3v) is 2.11. The molecule has 0 rings (SSSR count). The molecule has 0 radical (unpaired) electrons. The summed E-state index contributed by atoms with van der Waals surface area (Å²) in [6.07, 6.45) is 0.541. The van der Waals surface area contributed by atoms with Crippen molar-refractivity contribution in [2.24, 2.45) is 10.8 Å². The lowest BCUT2D eigenvalue weighted by Crippen LogP contribution is -2.37. The number of ether oxygens (including phenoxy) is 1. The molecule has 1 N–H and O–H groups in total. The van der Waals surface area contributed by atoms with Gasteiger partial charge in [0.05, 0.1) is 13.2 Å². The van der Waals surface area contributed by atoms with Crippen LogP contribution in [0.15, 0.2) is 0 Å². The third kappa shape index (κ3) is 8.72. The van der Waals surface area contributed by atoms with Crippen LogP contribution in [-0.2, 0) is 9.53 Å². The average Bonchev–Trinajstić information content (AvgIpc) is 2.12. The number of hydrogen-bond acceptors (Lipinski definition) is 2. The fourth-order valence-corrected chi connectivity index (χ4v) is 1.15. The predicted molar refractivity (Wildman–Crippen MR) is 67.4 cm³/mol. The van der Waals surface area contributed by atoms with Gasteiger partial charge in [0.15, 0.2) is 0 Å². The Kier molecular flexibility index (Phi) is 6.01. The van der Waals surface area contributed by atoms with Crippen molar-refractivity contribution < 1.29 is 9.53 Å². The lowest BCUT2D eigenvalue weighted by molar-refractivity contribution is -0.121. The van der Waals surface area contributed by atoms with Gasteiger partial charge in [0.25, 0.3) is 0 Å². The molecule has 0 heterocycles. The van der Waals surface area contributed by atoms with Crippen LogP contribution in [0, 0.1) is 10.8 Å². The molecule has 0 aromatic carbocycles. The van der Waals surface area contributed by atoms with E-state index in [4.69, 9.17) is 4.74 Å². The van der Waals surface area contributed by atoms with Crippen molar-refractivity contribution in [3.05, 3.63) is 0 Å². The van der Waals surface area contributed by atoms with Gasteiger partial charge in [0, 0.05) is 18.4 Å². The summed E-state index contributed by atoms with van der Waals surface area (Å²) in [4.78, 5) is 11.1. The first-order valence-corrected chi connectivity index (χ1v) is 6.01. The van der Waals surface area contributed by atoms with E-state index in [0.29, 0.717) is 19.6 Å². The van der Waals surface area contributed by atoms with E-state index in [1.807, 2.05) is 6.92 Å². The molecule has 0 spiro atoms. The molecule has 0 saturated heterocycles. The Morgan fingerprint density at radius 3 is 2.12 bits per heavy atom. The first kappa shape index (κ1) is 15.4. The minimum absolute atomic E-state index is 0.00389. The Balaban J connectivity index is 3.82. The lowest BCUT2D eigenvalue weighted by atomic mass is 9.94. The highest BCUT2D eigenvalue weighted by atomic mass is 16.5. The van der Waals surface area contributed by atoms with Crippen molar-refractivity contribution in [2.45, 2.75) is 48.0 Å². The van der Waals surface area contributed by atoms with Crippen LogP contribution in [0.25, 0.3) is 0 Å². The van der Waals surface area contributed by atoms with Crippen molar-refractivity contribution in [2.75, 3.05) is 19.8 Å². The van der Waals surface area contributed by atoms with Gasteiger partial charge >= 0.3 is 0 Å². The van der Waals surface area contributed by atoms with Gasteiger partial charge in [-0.3, -0.25) is 4.79 Å². The highest BCUT2D eigenvalue weighted by Crippen LogP contribution is 2.18. The molecule has 3 nitrogen and oxygen atoms in total. The minimum Gasteiger partial charge on any atom is -0.380 e. The van der Waals surface area contributed by atoms with Crippen molar-refractivity contribution in [3.63, 3.8) is 0 Å². The molecule has 0 aliphatic carbocycles. The summed E-state index contributed by atoms with van der Waals surface area (Å²) in [6.45, 7) is 14.6. The maximum absolute atomic E-state index is 11.1. The molecule has 0 unspecified atom stereocenters. The van der Waals surface area contributed by atoms with E-state index in [1.165, 1.54) is 0 Å². The highest BCUT2D eigenvalue weighted by molar-refractivity contribution is 5.75. The van der Waals surface area contributed by atoms with Crippen LogP contribution in [0.5, 0.6) is 0 Å². The topological polar surface area (TPSA) is 38.3 Å². The van der Waals surface area contributed by atoms with E-state index in [0.717, 1.165) is 6.61 Å². The smallest absolute Gasteiger partial charge is 0.219 e. The van der Waals surface area contributed by atoms with Gasteiger partial charge in [-0.15, -0.1) is 0 Å². The summed E-state index contributed by atoms with van der Waals surface area (Å²) in [5, 5.41) is 2.90. The number of carbonyl (C=O) groups excluding carboxylic acids is 1. The average molecular weight is 229 g/mol. The van der Waals surface area contributed by atoms with E-state index in [9.17, 15) is 4.79 Å². The van der Waals surface area contributed by atoms with Gasteiger partial charge in [-0.2, -0.15) is 0 Å². The Labute approximate surface area is 99.9 Å². The largest absolute Gasteiger partial charge is 0.380 e. The maximum atomic E-state index is 11.1. The molecule has 0 saturated carbocycles. The van der Waals surface area contributed by atoms with Crippen molar-refractivity contribution in [1.29, 1.82) is 0 Å². The van der Waals surface area contributed by atoms with Crippen LogP contribution in [0.1, 0.15) is 48.0 Å². The van der Waals surface area contributed by atoms with E-state index >= 15 is 0 Å². The number of hydrogen-bond donors (Lipinski definition) is 1. The Morgan fingerprint density at radius 2 is 1.69 bits per heavy atom. The van der Waals surface area contributed by atoms with Crippen LogP contribution in [-0.4, -0.2) is 25.7 Å². The molecular weight excluding hydrogens is 202 g/mol. The normalized spacial score (nSPS) is 12.6. The second-order valence-electron chi connectivity index (χ2n) is 6.35. The summed E-state index contributed by atoms with van der Waals surface area (Å²) < 4.78 is 5.68. The highest BCUT2D eigenvalue weighted by Gasteiger charge is 2.20. The Bertz CT molecular complexity index is 216. The summed E-state index contributed by atoms with van der Waals surface area (Å²) in [5.74, 6) is 0.101. The molecule has 3 heteroatoms. The fourth-order valence-electron chi connectivity index (χ4n) is 1.15. The van der Waals surface area contributed by atoms with Crippen LogP contribution in [0.4, 0.5) is 0 Å². The minimum atomic E-state index is -0.00389. The zero-order chi connectivity index (χ0) is 12.8. The summed E-state index contributed by atoms with van der Waals surface area (Å²) >= 11 is 0. The molecule has 0 aromatic heterocycles. The molecule has 0 bridgehead atoms. The lowest BCUT2D eigenvalue weighted by Gasteiger charge is -2.27.